The zero-order valence-corrected chi connectivity index (χ0v) is 9.56. The van der Waals surface area contributed by atoms with E-state index >= 15 is 0 Å². The first-order valence-corrected chi connectivity index (χ1v) is 5.40. The van der Waals surface area contributed by atoms with E-state index in [-0.39, 0.29) is 11.7 Å². The molecule has 0 saturated heterocycles. The standard InChI is InChI=1S/C11H14ClFN2O/c12-9-4-3-8(10(13)6-9)7-15-5-1-2-11(14)16/h3-4,6,15H,1-2,5,7H2,(H2,14,16). The molecule has 0 aliphatic carbocycles. The molecule has 1 amide bonds. The summed E-state index contributed by atoms with van der Waals surface area (Å²) in [5.74, 6) is -0.644. The maximum atomic E-state index is 13.3. The van der Waals surface area contributed by atoms with Gasteiger partial charge in [0.15, 0.2) is 0 Å². The molecule has 0 saturated carbocycles. The first-order valence-electron chi connectivity index (χ1n) is 5.02. The number of nitrogens with two attached hydrogens (primary N) is 1. The number of benzene rings is 1. The van der Waals surface area contributed by atoms with Crippen LogP contribution in [0.4, 0.5) is 4.39 Å². The Morgan fingerprint density at radius 3 is 2.88 bits per heavy atom. The molecular formula is C11H14ClFN2O. The summed E-state index contributed by atoms with van der Waals surface area (Å²) in [6, 6.07) is 4.56. The molecule has 0 aromatic heterocycles. The normalized spacial score (nSPS) is 10.4. The molecule has 0 aliphatic rings. The first kappa shape index (κ1) is 12.9. The highest BCUT2D eigenvalue weighted by molar-refractivity contribution is 6.30. The van der Waals surface area contributed by atoms with E-state index in [2.05, 4.69) is 5.32 Å². The number of carbonyl (C=O) groups is 1. The highest BCUT2D eigenvalue weighted by Crippen LogP contribution is 2.14. The van der Waals surface area contributed by atoms with Gasteiger partial charge in [-0.15, -0.1) is 0 Å². The van der Waals surface area contributed by atoms with Crippen molar-refractivity contribution in [3.63, 3.8) is 0 Å². The van der Waals surface area contributed by atoms with E-state index < -0.39 is 0 Å². The van der Waals surface area contributed by atoms with Crippen molar-refractivity contribution in [1.82, 2.24) is 5.32 Å². The van der Waals surface area contributed by atoms with E-state index in [0.717, 1.165) is 0 Å². The zero-order chi connectivity index (χ0) is 12.0. The van der Waals surface area contributed by atoms with Crippen LogP contribution in [0.1, 0.15) is 18.4 Å². The molecule has 1 aromatic carbocycles. The Balaban J connectivity index is 2.29. The maximum absolute atomic E-state index is 13.3. The fourth-order valence-electron chi connectivity index (χ4n) is 1.28. The van der Waals surface area contributed by atoms with Gasteiger partial charge >= 0.3 is 0 Å². The van der Waals surface area contributed by atoms with Gasteiger partial charge in [0, 0.05) is 23.6 Å². The number of nitrogens with one attached hydrogen (secondary N) is 1. The molecule has 0 heterocycles. The van der Waals surface area contributed by atoms with Crippen molar-refractivity contribution in [1.29, 1.82) is 0 Å². The third-order valence-electron chi connectivity index (χ3n) is 2.11. The highest BCUT2D eigenvalue weighted by Gasteiger charge is 2.02. The summed E-state index contributed by atoms with van der Waals surface area (Å²) < 4.78 is 13.3. The lowest BCUT2D eigenvalue weighted by Crippen LogP contribution is -2.18. The van der Waals surface area contributed by atoms with Crippen LogP contribution < -0.4 is 11.1 Å². The lowest BCUT2D eigenvalue weighted by molar-refractivity contribution is -0.118. The Hall–Kier alpha value is -1.13. The molecule has 0 unspecified atom stereocenters. The SMILES string of the molecule is NC(=O)CCCNCc1ccc(Cl)cc1F. The Kier molecular flexibility index (Phi) is 5.22. The monoisotopic (exact) mass is 244 g/mol. The highest BCUT2D eigenvalue weighted by atomic mass is 35.5. The van der Waals surface area contributed by atoms with Gasteiger partial charge in [-0.05, 0) is 25.1 Å². The molecule has 0 bridgehead atoms. The van der Waals surface area contributed by atoms with Crippen LogP contribution in [0.2, 0.25) is 5.02 Å². The summed E-state index contributed by atoms with van der Waals surface area (Å²) >= 11 is 5.62. The molecule has 0 aliphatic heterocycles. The molecule has 88 valence electrons. The van der Waals surface area contributed by atoms with Gasteiger partial charge in [-0.3, -0.25) is 4.79 Å². The Morgan fingerprint density at radius 2 is 2.25 bits per heavy atom. The predicted molar refractivity (Wildman–Crippen MR) is 61.5 cm³/mol. The summed E-state index contributed by atoms with van der Waals surface area (Å²) in [5, 5.41) is 3.41. The van der Waals surface area contributed by atoms with Gasteiger partial charge in [0.05, 0.1) is 0 Å². The summed E-state index contributed by atoms with van der Waals surface area (Å²) in [7, 11) is 0. The Bertz CT molecular complexity index is 371. The van der Waals surface area contributed by atoms with Crippen LogP contribution >= 0.6 is 11.6 Å². The second kappa shape index (κ2) is 6.45. The quantitative estimate of drug-likeness (QED) is 0.751. The second-order valence-electron chi connectivity index (χ2n) is 3.48. The fraction of sp³-hybridized carbons (Fsp3) is 0.364. The Morgan fingerprint density at radius 1 is 1.50 bits per heavy atom. The topological polar surface area (TPSA) is 55.1 Å². The molecule has 1 rings (SSSR count). The van der Waals surface area contributed by atoms with E-state index in [1.807, 2.05) is 0 Å². The van der Waals surface area contributed by atoms with Crippen molar-refractivity contribution >= 4 is 17.5 Å². The fourth-order valence-corrected chi connectivity index (χ4v) is 1.43. The number of primary amides is 1. The average Bonchev–Trinajstić information content (AvgIpc) is 2.20. The van der Waals surface area contributed by atoms with Crippen molar-refractivity contribution < 1.29 is 9.18 Å². The van der Waals surface area contributed by atoms with E-state index in [1.54, 1.807) is 12.1 Å². The van der Waals surface area contributed by atoms with E-state index in [9.17, 15) is 9.18 Å². The molecule has 5 heteroatoms. The molecule has 3 nitrogen and oxygen atoms in total. The van der Waals surface area contributed by atoms with Crippen molar-refractivity contribution in [3.8, 4) is 0 Å². The number of rotatable bonds is 6. The van der Waals surface area contributed by atoms with Crippen LogP contribution in [0.15, 0.2) is 18.2 Å². The van der Waals surface area contributed by atoms with Crippen LogP contribution in [-0.4, -0.2) is 12.5 Å². The van der Waals surface area contributed by atoms with Gasteiger partial charge in [0.1, 0.15) is 5.82 Å². The summed E-state index contributed by atoms with van der Waals surface area (Å²) in [6.07, 6.45) is 1.00. The summed E-state index contributed by atoms with van der Waals surface area (Å²) in [6.45, 7) is 1.05. The minimum absolute atomic E-state index is 0.320. The molecular weight excluding hydrogens is 231 g/mol. The lowest BCUT2D eigenvalue weighted by Gasteiger charge is -2.05. The molecule has 0 atom stereocenters. The largest absolute Gasteiger partial charge is 0.370 e. The van der Waals surface area contributed by atoms with Crippen molar-refractivity contribution in [2.75, 3.05) is 6.54 Å². The van der Waals surface area contributed by atoms with E-state index in [1.165, 1.54) is 6.07 Å². The first-order chi connectivity index (χ1) is 7.59. The van der Waals surface area contributed by atoms with E-state index in [4.69, 9.17) is 17.3 Å². The third-order valence-corrected chi connectivity index (χ3v) is 2.34. The molecule has 3 N–H and O–H groups in total. The molecule has 16 heavy (non-hydrogen) atoms. The van der Waals surface area contributed by atoms with Crippen LogP contribution in [0, 0.1) is 5.82 Å². The van der Waals surface area contributed by atoms with Gasteiger partial charge in [0.2, 0.25) is 5.91 Å². The number of amides is 1. The third kappa shape index (κ3) is 4.59. The lowest BCUT2D eigenvalue weighted by atomic mass is 10.2. The van der Waals surface area contributed by atoms with Gasteiger partial charge in [-0.25, -0.2) is 4.39 Å². The minimum Gasteiger partial charge on any atom is -0.370 e. The molecule has 0 spiro atoms. The Labute approximate surface area is 98.8 Å². The van der Waals surface area contributed by atoms with Gasteiger partial charge in [-0.2, -0.15) is 0 Å². The van der Waals surface area contributed by atoms with E-state index in [0.29, 0.717) is 36.5 Å². The summed E-state index contributed by atoms with van der Waals surface area (Å²) in [4.78, 5) is 10.4. The number of halogens is 2. The van der Waals surface area contributed by atoms with Crippen molar-refractivity contribution in [3.05, 3.63) is 34.6 Å². The number of hydrogen-bond donors (Lipinski definition) is 2. The number of carbonyl (C=O) groups excluding carboxylic acids is 1. The van der Waals surface area contributed by atoms with Crippen LogP contribution in [0.5, 0.6) is 0 Å². The molecule has 1 aromatic rings. The van der Waals surface area contributed by atoms with Crippen LogP contribution in [0.25, 0.3) is 0 Å². The van der Waals surface area contributed by atoms with Crippen LogP contribution in [-0.2, 0) is 11.3 Å². The average molecular weight is 245 g/mol. The van der Waals surface area contributed by atoms with Gasteiger partial charge < -0.3 is 11.1 Å². The smallest absolute Gasteiger partial charge is 0.217 e. The van der Waals surface area contributed by atoms with Gasteiger partial charge in [-0.1, -0.05) is 17.7 Å². The zero-order valence-electron chi connectivity index (χ0n) is 8.80. The van der Waals surface area contributed by atoms with Gasteiger partial charge in [0.25, 0.3) is 0 Å². The second-order valence-corrected chi connectivity index (χ2v) is 3.92. The van der Waals surface area contributed by atoms with Crippen LogP contribution in [0.3, 0.4) is 0 Å². The minimum atomic E-state index is -0.324. The predicted octanol–water partition coefficient (Wildman–Crippen LogP) is 1.83. The molecule has 0 fully saturated rings. The van der Waals surface area contributed by atoms with Crippen molar-refractivity contribution in [2.45, 2.75) is 19.4 Å². The maximum Gasteiger partial charge on any atom is 0.217 e. The number of hydrogen-bond acceptors (Lipinski definition) is 2. The van der Waals surface area contributed by atoms with Crippen molar-refractivity contribution in [2.24, 2.45) is 5.73 Å². The molecule has 0 radical (unpaired) electrons. The summed E-state index contributed by atoms with van der Waals surface area (Å²) in [5.41, 5.74) is 5.54.